The zero-order chi connectivity index (χ0) is 21.4. The fraction of sp³-hybridized carbons (Fsp3) is 0.583. The van der Waals surface area contributed by atoms with Crippen LogP contribution in [0.15, 0.2) is 35.9 Å². The molecule has 0 saturated carbocycles. The van der Waals surface area contributed by atoms with Crippen LogP contribution in [0.2, 0.25) is 0 Å². The molecule has 0 N–H and O–H groups in total. The van der Waals surface area contributed by atoms with Gasteiger partial charge in [0.25, 0.3) is 5.92 Å². The van der Waals surface area contributed by atoms with E-state index in [9.17, 15) is 8.78 Å². The van der Waals surface area contributed by atoms with E-state index in [1.807, 2.05) is 11.0 Å². The highest BCUT2D eigenvalue weighted by molar-refractivity contribution is 5.76. The Hall–Kier alpha value is -1.96. The lowest BCUT2D eigenvalue weighted by Gasteiger charge is -2.42. The summed E-state index contributed by atoms with van der Waals surface area (Å²) in [6.45, 7) is 5.76. The largest absolute Gasteiger partial charge is 0.376 e. The molecule has 4 aliphatic rings. The summed E-state index contributed by atoms with van der Waals surface area (Å²) in [6, 6.07) is 6.19. The molecule has 4 aliphatic heterocycles. The van der Waals surface area contributed by atoms with Gasteiger partial charge in [0.1, 0.15) is 12.3 Å². The highest BCUT2D eigenvalue weighted by Crippen LogP contribution is 2.39. The van der Waals surface area contributed by atoms with Gasteiger partial charge in [-0.05, 0) is 49.1 Å². The van der Waals surface area contributed by atoms with Gasteiger partial charge in [0, 0.05) is 36.5 Å². The number of hydrogen-bond acceptors (Lipinski definition) is 5. The second-order valence-electron chi connectivity index (χ2n) is 8.85. The molecule has 5 rings (SSSR count). The van der Waals surface area contributed by atoms with Gasteiger partial charge in [-0.3, -0.25) is 0 Å². The van der Waals surface area contributed by atoms with Gasteiger partial charge >= 0.3 is 0 Å². The Morgan fingerprint density at radius 3 is 2.94 bits per heavy atom. The minimum absolute atomic E-state index is 0.0127. The van der Waals surface area contributed by atoms with Crippen LogP contribution < -0.4 is 4.90 Å². The SMILES string of the molecule is CC1=C2c3ccc(N4CCCC(F)(F)C4)cc3CCN2C(OC[C@@H]2COCCO2)C=C1. The summed E-state index contributed by atoms with van der Waals surface area (Å²) >= 11 is 0. The number of halogens is 2. The molecule has 2 atom stereocenters. The lowest BCUT2D eigenvalue weighted by Crippen LogP contribution is -2.44. The molecule has 0 bridgehead atoms. The first-order valence-corrected chi connectivity index (χ1v) is 11.2. The Kier molecular flexibility index (Phi) is 5.75. The topological polar surface area (TPSA) is 34.2 Å². The van der Waals surface area contributed by atoms with Gasteiger partial charge in [-0.25, -0.2) is 8.78 Å². The monoisotopic (exact) mass is 432 g/mol. The van der Waals surface area contributed by atoms with Gasteiger partial charge in [0.15, 0.2) is 0 Å². The van der Waals surface area contributed by atoms with Crippen molar-refractivity contribution in [3.8, 4) is 0 Å². The normalized spacial score (nSPS) is 27.8. The van der Waals surface area contributed by atoms with Gasteiger partial charge < -0.3 is 24.0 Å². The molecule has 4 heterocycles. The van der Waals surface area contributed by atoms with E-state index in [1.165, 1.54) is 22.4 Å². The van der Waals surface area contributed by atoms with Gasteiger partial charge in [-0.1, -0.05) is 12.1 Å². The van der Waals surface area contributed by atoms with E-state index < -0.39 is 5.92 Å². The summed E-state index contributed by atoms with van der Waals surface area (Å²) in [7, 11) is 0. The van der Waals surface area contributed by atoms with Crippen LogP contribution in [0.5, 0.6) is 0 Å². The first kappa shape index (κ1) is 20.9. The van der Waals surface area contributed by atoms with E-state index in [2.05, 4.69) is 36.1 Å². The van der Waals surface area contributed by atoms with E-state index in [0.29, 0.717) is 39.4 Å². The van der Waals surface area contributed by atoms with E-state index in [4.69, 9.17) is 14.2 Å². The summed E-state index contributed by atoms with van der Waals surface area (Å²) < 4.78 is 45.2. The minimum Gasteiger partial charge on any atom is -0.376 e. The van der Waals surface area contributed by atoms with Crippen LogP contribution in [0.25, 0.3) is 5.70 Å². The average Bonchev–Trinajstić information content (AvgIpc) is 2.78. The second-order valence-corrected chi connectivity index (χ2v) is 8.85. The fourth-order valence-electron chi connectivity index (χ4n) is 5.00. The standard InChI is InChI=1S/C24H30F2N2O3/c1-17-3-6-22(31-15-20-14-29-11-12-30-20)28-10-7-18-13-19(4-5-21(18)23(17)28)27-9-2-8-24(25,26)16-27/h3-6,13,20,22H,2,7-12,14-16H2,1H3/t20-,22?/m0/s1. The van der Waals surface area contributed by atoms with E-state index in [1.54, 1.807) is 0 Å². The minimum atomic E-state index is -2.60. The highest BCUT2D eigenvalue weighted by Gasteiger charge is 2.36. The summed E-state index contributed by atoms with van der Waals surface area (Å²) in [4.78, 5) is 4.13. The second kappa shape index (κ2) is 8.52. The number of nitrogens with zero attached hydrogens (tertiary/aromatic N) is 2. The molecule has 1 aromatic carbocycles. The molecule has 0 aliphatic carbocycles. The third kappa shape index (κ3) is 4.36. The molecule has 0 aromatic heterocycles. The summed E-state index contributed by atoms with van der Waals surface area (Å²) in [5.74, 6) is -2.60. The van der Waals surface area contributed by atoms with Crippen molar-refractivity contribution in [3.63, 3.8) is 0 Å². The molecule has 1 unspecified atom stereocenters. The van der Waals surface area contributed by atoms with Crippen molar-refractivity contribution >= 4 is 11.4 Å². The van der Waals surface area contributed by atoms with Crippen molar-refractivity contribution in [2.24, 2.45) is 0 Å². The number of anilines is 1. The number of fused-ring (bicyclic) bond motifs is 3. The number of rotatable bonds is 4. The van der Waals surface area contributed by atoms with Gasteiger partial charge in [-0.2, -0.15) is 0 Å². The predicted molar refractivity (Wildman–Crippen MR) is 115 cm³/mol. The van der Waals surface area contributed by atoms with Crippen molar-refractivity contribution < 1.29 is 23.0 Å². The van der Waals surface area contributed by atoms with Gasteiger partial charge in [0.2, 0.25) is 0 Å². The molecule has 1 aromatic rings. The molecule has 0 spiro atoms. The lowest BCUT2D eigenvalue weighted by molar-refractivity contribution is -0.132. The van der Waals surface area contributed by atoms with Crippen LogP contribution in [-0.2, 0) is 20.6 Å². The number of alkyl halides is 2. The quantitative estimate of drug-likeness (QED) is 0.722. The van der Waals surface area contributed by atoms with Gasteiger partial charge in [0.05, 0.1) is 33.0 Å². The summed E-state index contributed by atoms with van der Waals surface area (Å²) in [6.07, 6.45) is 5.42. The average molecular weight is 433 g/mol. The number of ether oxygens (including phenoxy) is 3. The smallest absolute Gasteiger partial charge is 0.265 e. The number of allylic oxidation sites excluding steroid dienone is 2. The van der Waals surface area contributed by atoms with E-state index >= 15 is 0 Å². The van der Waals surface area contributed by atoms with Crippen LogP contribution in [0.1, 0.15) is 30.9 Å². The first-order chi connectivity index (χ1) is 15.0. The molecule has 168 valence electrons. The number of piperidine rings is 1. The molecular weight excluding hydrogens is 402 g/mol. The number of benzene rings is 1. The van der Waals surface area contributed by atoms with E-state index in [0.717, 1.165) is 18.7 Å². The molecule has 2 saturated heterocycles. The van der Waals surface area contributed by atoms with Crippen LogP contribution in [0.4, 0.5) is 14.5 Å². The van der Waals surface area contributed by atoms with Crippen LogP contribution in [-0.4, -0.2) is 69.2 Å². The van der Waals surface area contributed by atoms with E-state index in [-0.39, 0.29) is 25.3 Å². The first-order valence-electron chi connectivity index (χ1n) is 11.2. The number of hydrogen-bond donors (Lipinski definition) is 0. The molecular formula is C24H30F2N2O3. The Labute approximate surface area is 182 Å². The Bertz CT molecular complexity index is 880. The maximum atomic E-state index is 13.9. The fourth-order valence-corrected chi connectivity index (χ4v) is 5.00. The van der Waals surface area contributed by atoms with Crippen molar-refractivity contribution in [3.05, 3.63) is 47.1 Å². The lowest BCUT2D eigenvalue weighted by atomic mass is 9.91. The molecule has 7 heteroatoms. The maximum Gasteiger partial charge on any atom is 0.265 e. The molecule has 2 fully saturated rings. The third-order valence-electron chi connectivity index (χ3n) is 6.54. The zero-order valence-electron chi connectivity index (χ0n) is 18.0. The van der Waals surface area contributed by atoms with Crippen molar-refractivity contribution in [2.45, 2.75) is 44.4 Å². The molecule has 5 nitrogen and oxygen atoms in total. The Balaban J connectivity index is 1.33. The van der Waals surface area contributed by atoms with Crippen LogP contribution in [0, 0.1) is 0 Å². The Morgan fingerprint density at radius 2 is 2.13 bits per heavy atom. The summed E-state index contributed by atoms with van der Waals surface area (Å²) in [5.41, 5.74) is 5.65. The predicted octanol–water partition coefficient (Wildman–Crippen LogP) is 3.84. The molecule has 0 amide bonds. The third-order valence-corrected chi connectivity index (χ3v) is 6.54. The van der Waals surface area contributed by atoms with Gasteiger partial charge in [-0.15, -0.1) is 0 Å². The van der Waals surface area contributed by atoms with Crippen LogP contribution in [0.3, 0.4) is 0 Å². The summed E-state index contributed by atoms with van der Waals surface area (Å²) in [5, 5.41) is 0. The maximum absolute atomic E-state index is 13.9. The molecule has 31 heavy (non-hydrogen) atoms. The zero-order valence-corrected chi connectivity index (χ0v) is 18.0. The van der Waals surface area contributed by atoms with Crippen molar-refractivity contribution in [1.29, 1.82) is 0 Å². The highest BCUT2D eigenvalue weighted by atomic mass is 19.3. The molecule has 0 radical (unpaired) electrons. The van der Waals surface area contributed by atoms with Crippen molar-refractivity contribution in [1.82, 2.24) is 4.90 Å². The van der Waals surface area contributed by atoms with Crippen molar-refractivity contribution in [2.75, 3.05) is 51.0 Å². The van der Waals surface area contributed by atoms with Crippen LogP contribution >= 0.6 is 0 Å². The Morgan fingerprint density at radius 1 is 1.23 bits per heavy atom.